The van der Waals surface area contributed by atoms with Crippen molar-refractivity contribution in [2.75, 3.05) is 7.11 Å². The van der Waals surface area contributed by atoms with E-state index in [1.165, 1.54) is 71.3 Å². The van der Waals surface area contributed by atoms with E-state index in [0.29, 0.717) is 40.9 Å². The second-order valence-corrected chi connectivity index (χ2v) is 12.4. The Kier molecular flexibility index (Phi) is 11.4. The number of hydrogen-bond acceptors (Lipinski definition) is 3. The lowest BCUT2D eigenvalue weighted by Crippen LogP contribution is -2.57. The Hall–Kier alpha value is -0.570. The Morgan fingerprint density at radius 2 is 1.62 bits per heavy atom. The molecule has 0 amide bonds. The molecule has 0 aromatic rings. The molecule has 0 aromatic carbocycles. The van der Waals surface area contributed by atoms with Crippen LogP contribution in [0.15, 0.2) is 0 Å². The van der Waals surface area contributed by atoms with Crippen LogP contribution in [0.2, 0.25) is 0 Å². The second-order valence-electron chi connectivity index (χ2n) is 12.4. The topological polar surface area (TPSA) is 46.5 Å². The van der Waals surface area contributed by atoms with E-state index in [1.54, 1.807) is 0 Å². The number of unbranched alkanes of at least 4 members (excludes halogenated alkanes) is 1. The third kappa shape index (κ3) is 5.87. The van der Waals surface area contributed by atoms with E-state index in [-0.39, 0.29) is 12.1 Å². The third-order valence-corrected chi connectivity index (χ3v) is 10.9. The van der Waals surface area contributed by atoms with Crippen LogP contribution in [0.5, 0.6) is 0 Å². The molecule has 0 aliphatic heterocycles. The summed E-state index contributed by atoms with van der Waals surface area (Å²) in [5.41, 5.74) is 0.813. The van der Waals surface area contributed by atoms with Gasteiger partial charge >= 0.3 is 5.97 Å². The van der Waals surface area contributed by atoms with Gasteiger partial charge < -0.3 is 9.84 Å². The Morgan fingerprint density at radius 3 is 2.24 bits per heavy atom. The van der Waals surface area contributed by atoms with Crippen molar-refractivity contribution < 1.29 is 14.6 Å². The lowest BCUT2D eigenvalue weighted by Gasteiger charge is -2.62. The minimum Gasteiger partial charge on any atom is -0.469 e. The fraction of sp³-hybridized carbons (Fsp3) is 0.968. The number of carbonyl (C=O) groups excluding carboxylic acids is 1. The van der Waals surface area contributed by atoms with Crippen LogP contribution in [0.4, 0.5) is 0 Å². The highest BCUT2D eigenvalue weighted by Gasteiger charge is 2.62. The molecule has 0 saturated heterocycles. The normalized spacial score (nSPS) is 41.3. The molecule has 200 valence electrons. The first-order chi connectivity index (χ1) is 16.2. The van der Waals surface area contributed by atoms with E-state index in [4.69, 9.17) is 4.74 Å². The standard InChI is InChI=1S/C25H42O3.C4H10.C2H6/c1-16(8-11-22(27)28-4)18-9-10-19-23-20(12-14-25(18,19)3)24(2)13-6-5-7-17(24)15-21(23)26;1-3-4-2;1-2/h16-21,23,26H,5-15H2,1-4H3;3-4H2,1-2H3;1-2H3/t16-,17?,18?,19?,20?,21?,23?,24?,25?;;/m1../s1. The van der Waals surface area contributed by atoms with Crippen molar-refractivity contribution in [2.24, 2.45) is 46.3 Å². The Morgan fingerprint density at radius 1 is 0.971 bits per heavy atom. The summed E-state index contributed by atoms with van der Waals surface area (Å²) < 4.78 is 4.87. The molecule has 34 heavy (non-hydrogen) atoms. The number of ether oxygens (including phenoxy) is 1. The summed E-state index contributed by atoms with van der Waals surface area (Å²) in [6.07, 6.45) is 15.7. The Labute approximate surface area is 212 Å². The van der Waals surface area contributed by atoms with Crippen LogP contribution in [-0.2, 0) is 9.53 Å². The molecule has 3 nitrogen and oxygen atoms in total. The van der Waals surface area contributed by atoms with Gasteiger partial charge in [-0.15, -0.1) is 0 Å². The Balaban J connectivity index is 0.000000618. The van der Waals surface area contributed by atoms with E-state index in [2.05, 4.69) is 34.6 Å². The monoisotopic (exact) mass is 478 g/mol. The van der Waals surface area contributed by atoms with Crippen molar-refractivity contribution in [3.8, 4) is 0 Å². The number of fused-ring (bicyclic) bond motifs is 5. The molecule has 0 bridgehead atoms. The maximum atomic E-state index is 11.6. The van der Waals surface area contributed by atoms with Crippen molar-refractivity contribution >= 4 is 5.97 Å². The summed E-state index contributed by atoms with van der Waals surface area (Å²) in [4.78, 5) is 11.6. The number of hydrogen-bond donors (Lipinski definition) is 1. The van der Waals surface area contributed by atoms with Gasteiger partial charge in [0.05, 0.1) is 13.2 Å². The number of carbonyl (C=O) groups is 1. The van der Waals surface area contributed by atoms with Gasteiger partial charge in [-0.1, -0.05) is 74.1 Å². The van der Waals surface area contributed by atoms with Crippen molar-refractivity contribution in [3.63, 3.8) is 0 Å². The van der Waals surface area contributed by atoms with Crippen LogP contribution in [0, 0.1) is 46.3 Å². The summed E-state index contributed by atoms with van der Waals surface area (Å²) in [6.45, 7) is 15.8. The predicted molar refractivity (Wildman–Crippen MR) is 144 cm³/mol. The number of esters is 1. The maximum Gasteiger partial charge on any atom is 0.305 e. The molecule has 0 aromatic heterocycles. The molecule has 0 heterocycles. The van der Waals surface area contributed by atoms with E-state index >= 15 is 0 Å². The van der Waals surface area contributed by atoms with Crippen LogP contribution >= 0.6 is 0 Å². The zero-order chi connectivity index (χ0) is 25.5. The van der Waals surface area contributed by atoms with Gasteiger partial charge in [0, 0.05) is 6.42 Å². The smallest absolute Gasteiger partial charge is 0.305 e. The minimum absolute atomic E-state index is 0.0748. The summed E-state index contributed by atoms with van der Waals surface area (Å²) in [5, 5.41) is 11.3. The van der Waals surface area contributed by atoms with E-state index in [0.717, 1.165) is 24.7 Å². The lowest BCUT2D eigenvalue weighted by atomic mass is 9.44. The summed E-state index contributed by atoms with van der Waals surface area (Å²) in [6, 6.07) is 0. The van der Waals surface area contributed by atoms with Gasteiger partial charge in [-0.05, 0) is 97.7 Å². The van der Waals surface area contributed by atoms with Gasteiger partial charge in [-0.3, -0.25) is 4.79 Å². The molecule has 3 heteroatoms. The first-order valence-electron chi connectivity index (χ1n) is 15.0. The van der Waals surface area contributed by atoms with Crippen molar-refractivity contribution in [3.05, 3.63) is 0 Å². The van der Waals surface area contributed by atoms with Gasteiger partial charge in [0.15, 0.2) is 0 Å². The summed E-state index contributed by atoms with van der Waals surface area (Å²) >= 11 is 0. The molecular formula is C31H58O3. The quantitative estimate of drug-likeness (QED) is 0.403. The third-order valence-electron chi connectivity index (χ3n) is 10.9. The van der Waals surface area contributed by atoms with Gasteiger partial charge in [0.1, 0.15) is 0 Å². The fourth-order valence-corrected chi connectivity index (χ4v) is 8.88. The van der Waals surface area contributed by atoms with Crippen LogP contribution in [0.3, 0.4) is 0 Å². The Bertz CT molecular complexity index is 616. The molecular weight excluding hydrogens is 420 g/mol. The molecule has 1 N–H and O–H groups in total. The largest absolute Gasteiger partial charge is 0.469 e. The van der Waals surface area contributed by atoms with Crippen LogP contribution in [0.25, 0.3) is 0 Å². The van der Waals surface area contributed by atoms with Crippen LogP contribution in [-0.4, -0.2) is 24.3 Å². The maximum absolute atomic E-state index is 11.6. The molecule has 8 unspecified atom stereocenters. The highest BCUT2D eigenvalue weighted by Crippen LogP contribution is 2.68. The number of rotatable bonds is 5. The SMILES string of the molecule is CC.CCCC.COC(=O)CC[C@@H](C)C1CCC2C3C(O)CC4CCCCC4(C)C3CCC21C. The number of aliphatic hydroxyl groups excluding tert-OH is 1. The number of aliphatic hydroxyl groups is 1. The highest BCUT2D eigenvalue weighted by atomic mass is 16.5. The first kappa shape index (κ1) is 29.7. The van der Waals surface area contributed by atoms with Gasteiger partial charge in [0.25, 0.3) is 0 Å². The predicted octanol–water partition coefficient (Wildman–Crippen LogP) is 8.43. The molecule has 4 rings (SSSR count). The number of methoxy groups -OCH3 is 1. The average molecular weight is 479 g/mol. The van der Waals surface area contributed by atoms with Gasteiger partial charge in [0.2, 0.25) is 0 Å². The zero-order valence-electron chi connectivity index (χ0n) is 24.0. The molecule has 4 aliphatic carbocycles. The molecule has 4 saturated carbocycles. The van der Waals surface area contributed by atoms with E-state index in [1.807, 2.05) is 13.8 Å². The van der Waals surface area contributed by atoms with Crippen LogP contribution in [0.1, 0.15) is 132 Å². The van der Waals surface area contributed by atoms with Crippen molar-refractivity contribution in [1.29, 1.82) is 0 Å². The zero-order valence-corrected chi connectivity index (χ0v) is 24.0. The molecule has 9 atom stereocenters. The molecule has 4 aliphatic rings. The fourth-order valence-electron chi connectivity index (χ4n) is 8.88. The van der Waals surface area contributed by atoms with E-state index < -0.39 is 0 Å². The lowest BCUT2D eigenvalue weighted by molar-refractivity contribution is -0.164. The van der Waals surface area contributed by atoms with Crippen LogP contribution < -0.4 is 0 Å². The van der Waals surface area contributed by atoms with E-state index in [9.17, 15) is 9.90 Å². The first-order valence-corrected chi connectivity index (χ1v) is 15.0. The van der Waals surface area contributed by atoms with Gasteiger partial charge in [-0.25, -0.2) is 0 Å². The average Bonchev–Trinajstić information content (AvgIpc) is 3.21. The summed E-state index contributed by atoms with van der Waals surface area (Å²) in [5.74, 6) is 3.83. The summed E-state index contributed by atoms with van der Waals surface area (Å²) in [7, 11) is 1.49. The van der Waals surface area contributed by atoms with Crippen molar-refractivity contribution in [2.45, 2.75) is 138 Å². The molecule has 4 fully saturated rings. The molecule has 0 radical (unpaired) electrons. The molecule has 0 spiro atoms. The van der Waals surface area contributed by atoms with Crippen molar-refractivity contribution in [1.82, 2.24) is 0 Å². The highest BCUT2D eigenvalue weighted by molar-refractivity contribution is 5.69. The minimum atomic E-state index is -0.0880. The second kappa shape index (κ2) is 13.1. The van der Waals surface area contributed by atoms with Gasteiger partial charge in [-0.2, -0.15) is 0 Å².